The summed E-state index contributed by atoms with van der Waals surface area (Å²) in [5.41, 5.74) is 1.33. The Kier molecular flexibility index (Phi) is 4.86. The fourth-order valence-electron chi connectivity index (χ4n) is 4.01. The van der Waals surface area contributed by atoms with Crippen molar-refractivity contribution >= 4 is 44.6 Å². The summed E-state index contributed by atoms with van der Waals surface area (Å²) in [6, 6.07) is 7.67. The normalized spacial score (nSPS) is 16.7. The van der Waals surface area contributed by atoms with Gasteiger partial charge in [0.2, 0.25) is 0 Å². The van der Waals surface area contributed by atoms with Crippen molar-refractivity contribution in [3.05, 3.63) is 53.0 Å². The Morgan fingerprint density at radius 1 is 1.26 bits per heavy atom. The van der Waals surface area contributed by atoms with Crippen LogP contribution in [0.15, 0.2) is 36.7 Å². The number of likely N-dealkylation sites (N-methyl/N-ethyl adjacent to an activating group) is 1. The molecule has 1 aliphatic heterocycles. The van der Waals surface area contributed by atoms with E-state index in [2.05, 4.69) is 34.2 Å². The number of carbonyl (C=O) groups is 1. The average Bonchev–Trinajstić information content (AvgIpc) is 3.44. The Hall–Kier alpha value is -3.04. The number of hydrogen-bond acceptors (Lipinski definition) is 6. The number of fused-ring (bicyclic) bond motifs is 2. The van der Waals surface area contributed by atoms with Gasteiger partial charge in [-0.05, 0) is 45.6 Å². The molecule has 9 heteroatoms. The van der Waals surface area contributed by atoms with Gasteiger partial charge in [0.15, 0.2) is 11.5 Å². The van der Waals surface area contributed by atoms with Crippen molar-refractivity contribution in [2.45, 2.75) is 19.4 Å². The van der Waals surface area contributed by atoms with Gasteiger partial charge in [-0.25, -0.2) is 14.4 Å². The van der Waals surface area contributed by atoms with Crippen LogP contribution in [-0.4, -0.2) is 58.4 Å². The van der Waals surface area contributed by atoms with Crippen molar-refractivity contribution in [3.63, 3.8) is 0 Å². The molecule has 0 aromatic carbocycles. The fourth-order valence-corrected chi connectivity index (χ4v) is 4.93. The van der Waals surface area contributed by atoms with E-state index in [0.29, 0.717) is 22.3 Å². The third kappa shape index (κ3) is 3.75. The molecule has 4 aromatic rings. The second-order valence-corrected chi connectivity index (χ2v) is 9.20. The highest BCUT2D eigenvalue weighted by atomic mass is 32.1. The summed E-state index contributed by atoms with van der Waals surface area (Å²) < 4.78 is 15.9. The third-order valence-corrected chi connectivity index (χ3v) is 6.74. The maximum atomic E-state index is 14.3. The topological polar surface area (TPSA) is 65.8 Å². The fraction of sp³-hybridized carbons (Fsp3) is 0.318. The number of aryl methyl sites for hydroxylation is 1. The summed E-state index contributed by atoms with van der Waals surface area (Å²) in [5.74, 6) is 0.179. The highest BCUT2D eigenvalue weighted by Gasteiger charge is 2.25. The zero-order valence-electron chi connectivity index (χ0n) is 17.6. The van der Waals surface area contributed by atoms with Gasteiger partial charge in [0.05, 0.1) is 16.3 Å². The number of nitrogens with zero attached hydrogens (tertiary/aromatic N) is 5. The number of hydrogen-bond donors (Lipinski definition) is 1. The second kappa shape index (κ2) is 7.58. The Balaban J connectivity index is 1.37. The van der Waals surface area contributed by atoms with Crippen LogP contribution in [0.1, 0.15) is 21.8 Å². The molecule has 5 heterocycles. The van der Waals surface area contributed by atoms with Gasteiger partial charge in [-0.1, -0.05) is 0 Å². The van der Waals surface area contributed by atoms with Crippen molar-refractivity contribution < 1.29 is 9.18 Å². The number of carbonyl (C=O) groups excluding carboxylic acids is 1. The van der Waals surface area contributed by atoms with Crippen LogP contribution in [0, 0.1) is 12.7 Å². The van der Waals surface area contributed by atoms with E-state index in [1.807, 2.05) is 18.2 Å². The third-order valence-electron chi connectivity index (χ3n) is 5.69. The predicted molar refractivity (Wildman–Crippen MR) is 122 cm³/mol. The van der Waals surface area contributed by atoms with Crippen molar-refractivity contribution in [3.8, 4) is 0 Å². The lowest BCUT2D eigenvalue weighted by molar-refractivity contribution is 0.103. The number of thiophene rings is 1. The van der Waals surface area contributed by atoms with E-state index < -0.39 is 5.82 Å². The molecule has 1 atom stereocenters. The molecule has 7 nitrogen and oxygen atoms in total. The van der Waals surface area contributed by atoms with Gasteiger partial charge in [-0.2, -0.15) is 0 Å². The summed E-state index contributed by atoms with van der Waals surface area (Å²) in [4.78, 5) is 27.6. The Bertz CT molecular complexity index is 1300. The molecule has 5 rings (SSSR count). The minimum Gasteiger partial charge on any atom is -0.355 e. The first kappa shape index (κ1) is 19.9. The van der Waals surface area contributed by atoms with Crippen LogP contribution < -0.4 is 10.2 Å². The molecule has 0 aliphatic carbocycles. The Labute approximate surface area is 183 Å². The standard InChI is InChI=1S/C22H23FN6OS/c1-13-10-29-11-15(9-17(23)20(29)24-13)25-21(30)18-8-14-4-5-19(26-22(14)31-18)28-7-6-16(12-28)27(2)3/h4-5,8-11,16H,6-7,12H2,1-3H3,(H,25,30). The Morgan fingerprint density at radius 3 is 2.87 bits per heavy atom. The first-order valence-corrected chi connectivity index (χ1v) is 11.0. The number of rotatable bonds is 4. The molecule has 4 aromatic heterocycles. The second-order valence-electron chi connectivity index (χ2n) is 8.17. The molecule has 1 fully saturated rings. The van der Waals surface area contributed by atoms with E-state index in [0.717, 1.165) is 35.5 Å². The molecule has 1 N–H and O–H groups in total. The smallest absolute Gasteiger partial charge is 0.265 e. The molecule has 0 radical (unpaired) electrons. The van der Waals surface area contributed by atoms with Gasteiger partial charge in [0.25, 0.3) is 5.91 Å². The predicted octanol–water partition coefficient (Wildman–Crippen LogP) is 3.78. The van der Waals surface area contributed by atoms with Gasteiger partial charge in [-0.3, -0.25) is 4.79 Å². The first-order valence-electron chi connectivity index (χ1n) is 10.2. The van der Waals surface area contributed by atoms with Crippen LogP contribution in [0.3, 0.4) is 0 Å². The SMILES string of the molecule is Cc1cn2cc(NC(=O)c3cc4ccc(N5CCC(N(C)C)C5)nc4s3)cc(F)c2n1. The number of imidazole rings is 1. The van der Waals surface area contributed by atoms with Crippen molar-refractivity contribution in [2.24, 2.45) is 0 Å². The van der Waals surface area contributed by atoms with Crippen molar-refractivity contribution in [1.82, 2.24) is 19.3 Å². The number of anilines is 2. The average molecular weight is 439 g/mol. The Morgan fingerprint density at radius 2 is 2.10 bits per heavy atom. The summed E-state index contributed by atoms with van der Waals surface area (Å²) in [6.07, 6.45) is 4.49. The van der Waals surface area contributed by atoms with E-state index >= 15 is 0 Å². The monoisotopic (exact) mass is 438 g/mol. The summed E-state index contributed by atoms with van der Waals surface area (Å²) >= 11 is 1.34. The summed E-state index contributed by atoms with van der Waals surface area (Å²) in [6.45, 7) is 3.72. The molecule has 1 aliphatic rings. The van der Waals surface area contributed by atoms with E-state index in [-0.39, 0.29) is 11.6 Å². The van der Waals surface area contributed by atoms with E-state index in [4.69, 9.17) is 4.98 Å². The minimum atomic E-state index is -0.477. The van der Waals surface area contributed by atoms with Gasteiger partial charge in [0, 0.05) is 43.0 Å². The highest BCUT2D eigenvalue weighted by Crippen LogP contribution is 2.29. The largest absolute Gasteiger partial charge is 0.355 e. The van der Waals surface area contributed by atoms with Crippen LogP contribution in [0.5, 0.6) is 0 Å². The van der Waals surface area contributed by atoms with E-state index in [1.165, 1.54) is 17.4 Å². The van der Waals surface area contributed by atoms with Crippen LogP contribution >= 0.6 is 11.3 Å². The molecule has 0 saturated carbocycles. The maximum absolute atomic E-state index is 14.3. The summed E-state index contributed by atoms with van der Waals surface area (Å²) in [7, 11) is 4.21. The van der Waals surface area contributed by atoms with Crippen LogP contribution in [0.25, 0.3) is 15.9 Å². The van der Waals surface area contributed by atoms with Crippen molar-refractivity contribution in [1.29, 1.82) is 0 Å². The maximum Gasteiger partial charge on any atom is 0.265 e. The molecular weight excluding hydrogens is 415 g/mol. The molecule has 0 bridgehead atoms. The lowest BCUT2D eigenvalue weighted by Crippen LogP contribution is -2.31. The molecule has 31 heavy (non-hydrogen) atoms. The number of nitrogens with one attached hydrogen (secondary N) is 1. The molecule has 1 unspecified atom stereocenters. The van der Waals surface area contributed by atoms with Gasteiger partial charge in [0.1, 0.15) is 10.6 Å². The highest BCUT2D eigenvalue weighted by molar-refractivity contribution is 7.20. The zero-order chi connectivity index (χ0) is 21.7. The lowest BCUT2D eigenvalue weighted by Gasteiger charge is -2.21. The zero-order valence-corrected chi connectivity index (χ0v) is 18.4. The van der Waals surface area contributed by atoms with E-state index in [9.17, 15) is 9.18 Å². The number of aromatic nitrogens is 3. The first-order chi connectivity index (χ1) is 14.9. The van der Waals surface area contributed by atoms with Crippen molar-refractivity contribution in [2.75, 3.05) is 37.4 Å². The van der Waals surface area contributed by atoms with Crippen LogP contribution in [0.2, 0.25) is 0 Å². The van der Waals surface area contributed by atoms with Gasteiger partial charge < -0.3 is 19.5 Å². The minimum absolute atomic E-state index is 0.243. The number of amides is 1. The molecular formula is C22H23FN6OS. The van der Waals surface area contributed by atoms with Gasteiger partial charge >= 0.3 is 0 Å². The van der Waals surface area contributed by atoms with E-state index in [1.54, 1.807) is 23.7 Å². The number of halogens is 1. The quantitative estimate of drug-likeness (QED) is 0.525. The van der Waals surface area contributed by atoms with Crippen LogP contribution in [-0.2, 0) is 0 Å². The lowest BCUT2D eigenvalue weighted by atomic mass is 10.2. The molecule has 0 spiro atoms. The number of pyridine rings is 2. The molecule has 1 saturated heterocycles. The molecule has 160 valence electrons. The summed E-state index contributed by atoms with van der Waals surface area (Å²) in [5, 5.41) is 3.71. The van der Waals surface area contributed by atoms with Gasteiger partial charge in [-0.15, -0.1) is 11.3 Å². The van der Waals surface area contributed by atoms with Crippen LogP contribution in [0.4, 0.5) is 15.9 Å². The molecule has 1 amide bonds.